The number of hydrogen-bond acceptors (Lipinski definition) is 5. The molecule has 0 bridgehead atoms. The minimum absolute atomic E-state index is 0.0110. The summed E-state index contributed by atoms with van der Waals surface area (Å²) in [5, 5.41) is 9.92. The molecule has 2 aromatic rings. The van der Waals surface area contributed by atoms with Crippen molar-refractivity contribution in [1.29, 1.82) is 0 Å². The molecule has 1 aliphatic rings. The Morgan fingerprint density at radius 3 is 2.90 bits per heavy atom. The molecule has 0 aromatic carbocycles. The molecule has 2 aromatic heterocycles. The molecule has 0 radical (unpaired) electrons. The van der Waals surface area contributed by atoms with Crippen LogP contribution in [0.4, 0.5) is 0 Å². The molecule has 3 heterocycles. The van der Waals surface area contributed by atoms with Crippen LogP contribution in [0.3, 0.4) is 0 Å². The van der Waals surface area contributed by atoms with Gasteiger partial charge in [-0.05, 0) is 19.8 Å². The van der Waals surface area contributed by atoms with Crippen molar-refractivity contribution in [3.63, 3.8) is 0 Å². The lowest BCUT2D eigenvalue weighted by molar-refractivity contribution is 0.0724. The van der Waals surface area contributed by atoms with Crippen LogP contribution in [0.1, 0.15) is 65.8 Å². The van der Waals surface area contributed by atoms with E-state index >= 15 is 0 Å². The summed E-state index contributed by atoms with van der Waals surface area (Å²) in [6, 6.07) is -0.0355. The van der Waals surface area contributed by atoms with Gasteiger partial charge < -0.3 is 4.90 Å². The quantitative estimate of drug-likeness (QED) is 0.946. The topological polar surface area (TPSA) is 74.8 Å². The highest BCUT2D eigenvalue weighted by molar-refractivity contribution is 7.09. The van der Waals surface area contributed by atoms with Gasteiger partial charge in [0.25, 0.3) is 5.91 Å². The van der Waals surface area contributed by atoms with Gasteiger partial charge in [0.15, 0.2) is 5.82 Å². The highest BCUT2D eigenvalue weighted by Crippen LogP contribution is 2.31. The van der Waals surface area contributed by atoms with E-state index in [2.05, 4.69) is 34.0 Å². The van der Waals surface area contributed by atoms with Crippen LogP contribution in [-0.4, -0.2) is 37.5 Å². The number of amides is 1. The fourth-order valence-electron chi connectivity index (χ4n) is 2.59. The number of rotatable bonds is 3. The van der Waals surface area contributed by atoms with Crippen LogP contribution in [-0.2, 0) is 0 Å². The van der Waals surface area contributed by atoms with E-state index in [0.717, 1.165) is 30.2 Å². The van der Waals surface area contributed by atoms with E-state index in [9.17, 15) is 4.79 Å². The SMILES string of the molecule is Cc1nc(C2CCCN2C(=O)c2csc(C(C)C)n2)n[nH]1. The molecule has 3 rings (SSSR count). The summed E-state index contributed by atoms with van der Waals surface area (Å²) in [6.07, 6.45) is 1.88. The van der Waals surface area contributed by atoms with Gasteiger partial charge in [-0.25, -0.2) is 9.97 Å². The number of thiazole rings is 1. The monoisotopic (exact) mass is 305 g/mol. The van der Waals surface area contributed by atoms with Gasteiger partial charge in [0.05, 0.1) is 11.0 Å². The number of likely N-dealkylation sites (tertiary alicyclic amines) is 1. The van der Waals surface area contributed by atoms with Crippen LogP contribution in [0, 0.1) is 6.92 Å². The number of H-pyrrole nitrogens is 1. The molecule has 0 spiro atoms. The first-order valence-corrected chi connectivity index (χ1v) is 8.09. The molecule has 1 fully saturated rings. The zero-order chi connectivity index (χ0) is 15.0. The summed E-state index contributed by atoms with van der Waals surface area (Å²) in [5.41, 5.74) is 0.544. The maximum absolute atomic E-state index is 12.7. The Labute approximate surface area is 127 Å². The molecule has 1 unspecified atom stereocenters. The van der Waals surface area contributed by atoms with Crippen LogP contribution in [0.2, 0.25) is 0 Å². The van der Waals surface area contributed by atoms with Crippen LogP contribution >= 0.6 is 11.3 Å². The predicted octanol–water partition coefficient (Wildman–Crippen LogP) is 2.67. The lowest BCUT2D eigenvalue weighted by Crippen LogP contribution is -2.31. The van der Waals surface area contributed by atoms with Crippen LogP contribution in [0.5, 0.6) is 0 Å². The molecule has 0 aliphatic carbocycles. The van der Waals surface area contributed by atoms with E-state index < -0.39 is 0 Å². The zero-order valence-electron chi connectivity index (χ0n) is 12.5. The molecule has 112 valence electrons. The first-order valence-electron chi connectivity index (χ1n) is 7.21. The predicted molar refractivity (Wildman–Crippen MR) is 80.3 cm³/mol. The van der Waals surface area contributed by atoms with Gasteiger partial charge >= 0.3 is 0 Å². The third-order valence-corrected chi connectivity index (χ3v) is 4.81. The summed E-state index contributed by atoms with van der Waals surface area (Å²) in [6.45, 7) is 6.78. The average molecular weight is 305 g/mol. The molecule has 0 saturated carbocycles. The Morgan fingerprint density at radius 2 is 2.29 bits per heavy atom. The van der Waals surface area contributed by atoms with E-state index in [-0.39, 0.29) is 11.9 Å². The number of aromatic amines is 1. The molecule has 1 amide bonds. The largest absolute Gasteiger partial charge is 0.327 e. The molecule has 7 heteroatoms. The van der Waals surface area contributed by atoms with Gasteiger partial charge in [0.2, 0.25) is 0 Å². The van der Waals surface area contributed by atoms with Gasteiger partial charge in [0, 0.05) is 17.8 Å². The lowest BCUT2D eigenvalue weighted by Gasteiger charge is -2.21. The minimum atomic E-state index is -0.0355. The third-order valence-electron chi connectivity index (χ3n) is 3.66. The Morgan fingerprint density at radius 1 is 1.48 bits per heavy atom. The summed E-state index contributed by atoms with van der Waals surface area (Å²) in [5.74, 6) is 1.82. The van der Waals surface area contributed by atoms with E-state index in [1.165, 1.54) is 0 Å². The van der Waals surface area contributed by atoms with Crippen molar-refractivity contribution in [2.75, 3.05) is 6.54 Å². The molecular weight excluding hydrogens is 286 g/mol. The molecule has 6 nitrogen and oxygen atoms in total. The number of nitrogens with one attached hydrogen (secondary N) is 1. The van der Waals surface area contributed by atoms with Crippen molar-refractivity contribution >= 4 is 17.2 Å². The number of hydrogen-bond donors (Lipinski definition) is 1. The highest BCUT2D eigenvalue weighted by Gasteiger charge is 2.34. The third kappa shape index (κ3) is 2.70. The number of aromatic nitrogens is 4. The second-order valence-electron chi connectivity index (χ2n) is 5.66. The normalized spacial score (nSPS) is 18.7. The maximum atomic E-state index is 12.7. The lowest BCUT2D eigenvalue weighted by atomic mass is 10.2. The van der Waals surface area contributed by atoms with Crippen molar-refractivity contribution in [1.82, 2.24) is 25.1 Å². The molecule has 1 atom stereocenters. The summed E-state index contributed by atoms with van der Waals surface area (Å²) < 4.78 is 0. The standard InChI is InChI=1S/C14H19N5OS/c1-8(2)13-16-10(7-21-13)14(20)19-6-4-5-11(19)12-15-9(3)17-18-12/h7-8,11H,4-6H2,1-3H3,(H,15,17,18). The molecule has 1 N–H and O–H groups in total. The number of carbonyl (C=O) groups excluding carboxylic acids is 1. The van der Waals surface area contributed by atoms with E-state index in [1.54, 1.807) is 11.3 Å². The zero-order valence-corrected chi connectivity index (χ0v) is 13.3. The highest BCUT2D eigenvalue weighted by atomic mass is 32.1. The van der Waals surface area contributed by atoms with Gasteiger partial charge in [-0.3, -0.25) is 9.89 Å². The summed E-state index contributed by atoms with van der Waals surface area (Å²) in [4.78, 5) is 23.4. The van der Waals surface area contributed by atoms with Crippen molar-refractivity contribution in [3.05, 3.63) is 27.7 Å². The first kappa shape index (κ1) is 14.2. The van der Waals surface area contributed by atoms with Gasteiger partial charge in [-0.1, -0.05) is 13.8 Å². The molecular formula is C14H19N5OS. The Balaban J connectivity index is 1.82. The Bertz CT molecular complexity index is 647. The van der Waals surface area contributed by atoms with Gasteiger partial charge in [0.1, 0.15) is 11.5 Å². The van der Waals surface area contributed by atoms with Crippen LogP contribution in [0.15, 0.2) is 5.38 Å². The smallest absolute Gasteiger partial charge is 0.273 e. The summed E-state index contributed by atoms with van der Waals surface area (Å²) >= 11 is 1.55. The Kier molecular flexibility index (Phi) is 3.75. The van der Waals surface area contributed by atoms with Gasteiger partial charge in [-0.15, -0.1) is 11.3 Å². The first-order chi connectivity index (χ1) is 10.1. The Hall–Kier alpha value is -1.76. The summed E-state index contributed by atoms with van der Waals surface area (Å²) in [7, 11) is 0. The van der Waals surface area contributed by atoms with E-state index in [1.807, 2.05) is 17.2 Å². The van der Waals surface area contributed by atoms with Crippen molar-refractivity contribution in [2.45, 2.75) is 45.6 Å². The molecule has 1 aliphatic heterocycles. The average Bonchev–Trinajstić information content (AvgIpc) is 3.17. The fraction of sp³-hybridized carbons (Fsp3) is 0.571. The van der Waals surface area contributed by atoms with Crippen molar-refractivity contribution in [2.24, 2.45) is 0 Å². The fourth-order valence-corrected chi connectivity index (χ4v) is 3.39. The second-order valence-corrected chi connectivity index (χ2v) is 6.55. The number of nitrogens with zero attached hydrogens (tertiary/aromatic N) is 4. The van der Waals surface area contributed by atoms with Gasteiger partial charge in [-0.2, -0.15) is 5.10 Å². The minimum Gasteiger partial charge on any atom is -0.327 e. The second kappa shape index (κ2) is 5.55. The molecule has 1 saturated heterocycles. The van der Waals surface area contributed by atoms with E-state index in [4.69, 9.17) is 0 Å². The van der Waals surface area contributed by atoms with Crippen LogP contribution < -0.4 is 0 Å². The van der Waals surface area contributed by atoms with Crippen molar-refractivity contribution in [3.8, 4) is 0 Å². The maximum Gasteiger partial charge on any atom is 0.273 e. The number of aryl methyl sites for hydroxylation is 1. The van der Waals surface area contributed by atoms with Crippen molar-refractivity contribution < 1.29 is 4.79 Å². The number of carbonyl (C=O) groups is 1. The molecule has 21 heavy (non-hydrogen) atoms. The van der Waals surface area contributed by atoms with E-state index in [0.29, 0.717) is 17.4 Å². The van der Waals surface area contributed by atoms with Crippen LogP contribution in [0.25, 0.3) is 0 Å².